The molecule has 1 aromatic carbocycles. The molecule has 0 bridgehead atoms. The molecule has 0 heterocycles. The van der Waals surface area contributed by atoms with Gasteiger partial charge in [0, 0.05) is 18.5 Å². The van der Waals surface area contributed by atoms with Crippen LogP contribution in [-0.4, -0.2) is 33.2 Å². The lowest BCUT2D eigenvalue weighted by atomic mass is 10.1. The molecule has 1 rings (SSSR count). The van der Waals surface area contributed by atoms with Crippen molar-refractivity contribution in [1.29, 1.82) is 0 Å². The largest absolute Gasteiger partial charge is 0.497 e. The average Bonchev–Trinajstić information content (AvgIpc) is 2.41. The fourth-order valence-corrected chi connectivity index (χ4v) is 1.67. The predicted octanol–water partition coefficient (Wildman–Crippen LogP) is 2.31. The number of halogens is 1. The summed E-state index contributed by atoms with van der Waals surface area (Å²) < 4.78 is 10.6. The van der Waals surface area contributed by atoms with Gasteiger partial charge in [-0.1, -0.05) is 6.92 Å². The Kier molecular flexibility index (Phi) is 8.76. The minimum Gasteiger partial charge on any atom is -0.497 e. The monoisotopic (exact) mass is 302 g/mol. The quantitative estimate of drug-likeness (QED) is 0.811. The molecule has 114 valence electrons. The number of carbonyl (C=O) groups excluding carboxylic acids is 1. The molecule has 0 spiro atoms. The van der Waals surface area contributed by atoms with Crippen LogP contribution in [-0.2, 0) is 4.79 Å². The second-order valence-corrected chi connectivity index (χ2v) is 4.24. The first-order valence-corrected chi connectivity index (χ1v) is 6.38. The maximum absolute atomic E-state index is 12.0. The Labute approximate surface area is 126 Å². The Morgan fingerprint density at radius 1 is 1.40 bits per heavy atom. The van der Waals surface area contributed by atoms with Gasteiger partial charge in [-0.25, -0.2) is 0 Å². The molecule has 1 unspecified atom stereocenters. The zero-order chi connectivity index (χ0) is 14.3. The molecule has 0 aliphatic carbocycles. The van der Waals surface area contributed by atoms with Gasteiger partial charge in [-0.3, -0.25) is 4.79 Å². The first-order chi connectivity index (χ1) is 9.12. The van der Waals surface area contributed by atoms with Crippen molar-refractivity contribution in [1.82, 2.24) is 5.32 Å². The number of methoxy groups -OCH3 is 1. The van der Waals surface area contributed by atoms with E-state index < -0.39 is 0 Å². The van der Waals surface area contributed by atoms with Crippen LogP contribution in [0.4, 0.5) is 5.69 Å². The molecule has 6 heteroatoms. The van der Waals surface area contributed by atoms with Crippen molar-refractivity contribution < 1.29 is 14.3 Å². The van der Waals surface area contributed by atoms with E-state index in [1.165, 1.54) is 0 Å². The molecule has 0 aliphatic rings. The zero-order valence-corrected chi connectivity index (χ0v) is 13.2. The highest BCUT2D eigenvalue weighted by Crippen LogP contribution is 2.29. The Balaban J connectivity index is 0.00000361. The van der Waals surface area contributed by atoms with Crippen molar-refractivity contribution in [3.63, 3.8) is 0 Å². The van der Waals surface area contributed by atoms with Gasteiger partial charge in [-0.2, -0.15) is 0 Å². The summed E-state index contributed by atoms with van der Waals surface area (Å²) in [6, 6.07) is 5.35. The van der Waals surface area contributed by atoms with E-state index in [-0.39, 0.29) is 24.2 Å². The molecule has 0 saturated carbocycles. The van der Waals surface area contributed by atoms with Crippen LogP contribution in [0.15, 0.2) is 18.2 Å². The number of benzene rings is 1. The van der Waals surface area contributed by atoms with Gasteiger partial charge in [-0.15, -0.1) is 12.4 Å². The molecule has 0 fully saturated rings. The van der Waals surface area contributed by atoms with E-state index in [4.69, 9.17) is 9.47 Å². The van der Waals surface area contributed by atoms with Crippen LogP contribution in [0.1, 0.15) is 13.8 Å². The summed E-state index contributed by atoms with van der Waals surface area (Å²) in [5, 5.41) is 5.85. The number of rotatable bonds is 7. The van der Waals surface area contributed by atoms with Crippen molar-refractivity contribution >= 4 is 24.0 Å². The Hall–Kier alpha value is -1.46. The summed E-state index contributed by atoms with van der Waals surface area (Å²) in [5.74, 6) is 1.16. The predicted molar refractivity (Wildman–Crippen MR) is 83.1 cm³/mol. The van der Waals surface area contributed by atoms with Crippen LogP contribution < -0.4 is 20.1 Å². The second-order valence-electron chi connectivity index (χ2n) is 4.24. The van der Waals surface area contributed by atoms with Crippen LogP contribution in [0.25, 0.3) is 0 Å². The summed E-state index contributed by atoms with van der Waals surface area (Å²) in [6.07, 6.45) is 0. The van der Waals surface area contributed by atoms with Crippen LogP contribution >= 0.6 is 12.4 Å². The minimum absolute atomic E-state index is 0. The number of hydrogen-bond acceptors (Lipinski definition) is 4. The molecule has 0 saturated heterocycles. The molecule has 0 radical (unpaired) electrons. The summed E-state index contributed by atoms with van der Waals surface area (Å²) in [7, 11) is 3.41. The summed E-state index contributed by atoms with van der Waals surface area (Å²) in [5.41, 5.74) is 0.633. The third-order valence-corrected chi connectivity index (χ3v) is 2.70. The number of ether oxygens (including phenoxy) is 2. The fourth-order valence-electron chi connectivity index (χ4n) is 1.67. The lowest BCUT2D eigenvalue weighted by Gasteiger charge is -2.15. The third kappa shape index (κ3) is 5.27. The molecule has 5 nitrogen and oxygen atoms in total. The molecular weight excluding hydrogens is 280 g/mol. The standard InChI is InChI=1S/C14H22N2O3.ClH/c1-5-19-13-7-6-11(18-4)8-12(13)16-14(17)10(2)9-15-3;/h6-8,10,15H,5,9H2,1-4H3,(H,16,17);1H. The van der Waals surface area contributed by atoms with Crippen molar-refractivity contribution in [3.8, 4) is 11.5 Å². The normalized spacial score (nSPS) is 11.2. The Bertz CT molecular complexity index is 427. The zero-order valence-electron chi connectivity index (χ0n) is 12.4. The highest BCUT2D eigenvalue weighted by atomic mass is 35.5. The highest BCUT2D eigenvalue weighted by molar-refractivity contribution is 5.94. The first kappa shape index (κ1) is 18.5. The van der Waals surface area contributed by atoms with Crippen LogP contribution in [0, 0.1) is 5.92 Å². The summed E-state index contributed by atoms with van der Waals surface area (Å²) in [4.78, 5) is 12.0. The highest BCUT2D eigenvalue weighted by Gasteiger charge is 2.15. The fraction of sp³-hybridized carbons (Fsp3) is 0.500. The maximum atomic E-state index is 12.0. The van der Waals surface area contributed by atoms with Gasteiger partial charge in [0.2, 0.25) is 5.91 Å². The van der Waals surface area contributed by atoms with Crippen LogP contribution in [0.3, 0.4) is 0 Å². The van der Waals surface area contributed by atoms with Gasteiger partial charge in [0.15, 0.2) is 0 Å². The number of amides is 1. The van der Waals surface area contributed by atoms with E-state index in [2.05, 4.69) is 10.6 Å². The molecule has 1 aromatic rings. The Morgan fingerprint density at radius 3 is 2.65 bits per heavy atom. The van der Waals surface area contributed by atoms with Crippen LogP contribution in [0.2, 0.25) is 0 Å². The van der Waals surface area contributed by atoms with E-state index in [0.29, 0.717) is 30.3 Å². The van der Waals surface area contributed by atoms with Gasteiger partial charge in [-0.05, 0) is 26.1 Å². The molecule has 0 aliphatic heterocycles. The number of anilines is 1. The van der Waals surface area contributed by atoms with Crippen molar-refractivity contribution in [2.75, 3.05) is 32.6 Å². The lowest BCUT2D eigenvalue weighted by Crippen LogP contribution is -2.28. The van der Waals surface area contributed by atoms with E-state index in [1.54, 1.807) is 25.3 Å². The van der Waals surface area contributed by atoms with Crippen molar-refractivity contribution in [3.05, 3.63) is 18.2 Å². The maximum Gasteiger partial charge on any atom is 0.228 e. The molecule has 2 N–H and O–H groups in total. The molecule has 20 heavy (non-hydrogen) atoms. The number of carbonyl (C=O) groups is 1. The van der Waals surface area contributed by atoms with Gasteiger partial charge >= 0.3 is 0 Å². The molecular formula is C14H23ClN2O3. The first-order valence-electron chi connectivity index (χ1n) is 6.38. The van der Waals surface area contributed by atoms with E-state index in [9.17, 15) is 4.79 Å². The number of hydrogen-bond donors (Lipinski definition) is 2. The van der Waals surface area contributed by atoms with Gasteiger partial charge in [0.05, 0.1) is 19.4 Å². The second kappa shape index (κ2) is 9.44. The Morgan fingerprint density at radius 2 is 2.10 bits per heavy atom. The van der Waals surface area contributed by atoms with Crippen molar-refractivity contribution in [2.45, 2.75) is 13.8 Å². The third-order valence-electron chi connectivity index (χ3n) is 2.70. The van der Waals surface area contributed by atoms with Gasteiger partial charge in [0.1, 0.15) is 11.5 Å². The lowest BCUT2D eigenvalue weighted by molar-refractivity contribution is -0.119. The van der Waals surface area contributed by atoms with E-state index in [0.717, 1.165) is 0 Å². The number of nitrogens with one attached hydrogen (secondary N) is 2. The molecule has 0 aromatic heterocycles. The van der Waals surface area contributed by atoms with E-state index in [1.807, 2.05) is 20.9 Å². The SMILES string of the molecule is CCOc1ccc(OC)cc1NC(=O)C(C)CNC.Cl. The molecule has 1 amide bonds. The topological polar surface area (TPSA) is 59.6 Å². The average molecular weight is 303 g/mol. The molecule has 1 atom stereocenters. The summed E-state index contributed by atoms with van der Waals surface area (Å²) in [6.45, 7) is 4.94. The summed E-state index contributed by atoms with van der Waals surface area (Å²) >= 11 is 0. The van der Waals surface area contributed by atoms with Gasteiger partial charge < -0.3 is 20.1 Å². The van der Waals surface area contributed by atoms with Crippen molar-refractivity contribution in [2.24, 2.45) is 5.92 Å². The van der Waals surface area contributed by atoms with Crippen LogP contribution in [0.5, 0.6) is 11.5 Å². The van der Waals surface area contributed by atoms with Gasteiger partial charge in [0.25, 0.3) is 0 Å². The smallest absolute Gasteiger partial charge is 0.228 e. The minimum atomic E-state index is -0.120. The van der Waals surface area contributed by atoms with E-state index >= 15 is 0 Å².